The molecule has 1 aliphatic rings. The van der Waals surface area contributed by atoms with E-state index in [4.69, 9.17) is 34.8 Å². The van der Waals surface area contributed by atoms with Crippen LogP contribution >= 0.6 is 34.8 Å². The van der Waals surface area contributed by atoms with E-state index in [-0.39, 0.29) is 6.54 Å². The van der Waals surface area contributed by atoms with Crippen LogP contribution in [-0.4, -0.2) is 30.3 Å². The van der Waals surface area contributed by atoms with E-state index < -0.39 is 10.5 Å². The van der Waals surface area contributed by atoms with Crippen LogP contribution in [0.15, 0.2) is 30.9 Å². The molecule has 1 heterocycles. The van der Waals surface area contributed by atoms with Crippen LogP contribution in [0.2, 0.25) is 10.0 Å². The maximum Gasteiger partial charge on any atom is 0.137 e. The van der Waals surface area contributed by atoms with Gasteiger partial charge in [-0.1, -0.05) is 29.3 Å². The number of benzene rings is 1. The second-order valence-electron chi connectivity index (χ2n) is 5.50. The number of halogens is 3. The molecule has 1 fully saturated rings. The molecule has 1 N–H and O–H groups in total. The molecule has 4 nitrogen and oxygen atoms in total. The SMILES string of the molecule is OC(Cc1ccc(Cl)cc1Cl)(Cn1cncn1)C1(Cl)CC1. The van der Waals surface area contributed by atoms with Gasteiger partial charge in [0.2, 0.25) is 0 Å². The lowest BCUT2D eigenvalue weighted by molar-refractivity contribution is 0.00766. The predicted octanol–water partition coefficient (Wildman–Crippen LogP) is 3.33. The number of rotatable bonds is 5. The Morgan fingerprint density at radius 2 is 2.10 bits per heavy atom. The topological polar surface area (TPSA) is 50.9 Å². The van der Waals surface area contributed by atoms with Crippen LogP contribution in [0.3, 0.4) is 0 Å². The van der Waals surface area contributed by atoms with Crippen LogP contribution in [0.5, 0.6) is 0 Å². The summed E-state index contributed by atoms with van der Waals surface area (Å²) < 4.78 is 1.59. The first-order valence-corrected chi connectivity index (χ1v) is 7.73. The average Bonchev–Trinajstić information content (AvgIpc) is 2.98. The Morgan fingerprint density at radius 3 is 2.67 bits per heavy atom. The van der Waals surface area contributed by atoms with Crippen LogP contribution in [0.4, 0.5) is 0 Å². The second-order valence-corrected chi connectivity index (χ2v) is 7.07. The highest BCUT2D eigenvalue weighted by Gasteiger charge is 2.58. The highest BCUT2D eigenvalue weighted by atomic mass is 35.5. The first kappa shape index (κ1) is 15.1. The third-order valence-electron chi connectivity index (χ3n) is 3.91. The van der Waals surface area contributed by atoms with Crippen molar-refractivity contribution < 1.29 is 5.11 Å². The number of nitrogens with zero attached hydrogens (tertiary/aromatic N) is 3. The normalized spacial score (nSPS) is 19.2. The summed E-state index contributed by atoms with van der Waals surface area (Å²) in [6.07, 6.45) is 4.88. The van der Waals surface area contributed by atoms with Gasteiger partial charge in [0.15, 0.2) is 0 Å². The molecule has 1 atom stereocenters. The zero-order valence-corrected chi connectivity index (χ0v) is 13.4. The molecule has 1 aromatic carbocycles. The smallest absolute Gasteiger partial charge is 0.137 e. The third-order valence-corrected chi connectivity index (χ3v) is 5.23. The number of alkyl halides is 1. The van der Waals surface area contributed by atoms with Crippen LogP contribution < -0.4 is 0 Å². The second kappa shape index (κ2) is 5.43. The van der Waals surface area contributed by atoms with Crippen molar-refractivity contribution >= 4 is 34.8 Å². The van der Waals surface area contributed by atoms with Crippen molar-refractivity contribution in [2.24, 2.45) is 0 Å². The van der Waals surface area contributed by atoms with Gasteiger partial charge in [-0.2, -0.15) is 5.10 Å². The van der Waals surface area contributed by atoms with Crippen LogP contribution in [0.25, 0.3) is 0 Å². The Labute approximate surface area is 137 Å². The van der Waals surface area contributed by atoms with Crippen molar-refractivity contribution in [3.63, 3.8) is 0 Å². The maximum atomic E-state index is 11.1. The molecule has 0 amide bonds. The molecule has 0 spiro atoms. The van der Waals surface area contributed by atoms with E-state index in [2.05, 4.69) is 10.1 Å². The van der Waals surface area contributed by atoms with E-state index >= 15 is 0 Å². The third kappa shape index (κ3) is 3.04. The Kier molecular flexibility index (Phi) is 3.91. The molecular formula is C14H14Cl3N3O. The van der Waals surface area contributed by atoms with Crippen molar-refractivity contribution in [2.75, 3.05) is 0 Å². The Balaban J connectivity index is 1.89. The van der Waals surface area contributed by atoms with Crippen LogP contribution in [0.1, 0.15) is 18.4 Å². The monoisotopic (exact) mass is 345 g/mol. The highest BCUT2D eigenvalue weighted by molar-refractivity contribution is 6.35. The van der Waals surface area contributed by atoms with Crippen molar-refractivity contribution in [2.45, 2.75) is 36.3 Å². The lowest BCUT2D eigenvalue weighted by Gasteiger charge is -2.33. The van der Waals surface area contributed by atoms with Crippen molar-refractivity contribution in [1.82, 2.24) is 14.8 Å². The average molecular weight is 347 g/mol. The van der Waals surface area contributed by atoms with Gasteiger partial charge < -0.3 is 5.11 Å². The van der Waals surface area contributed by atoms with Gasteiger partial charge in [-0.05, 0) is 30.5 Å². The number of hydrogen-bond donors (Lipinski definition) is 1. The summed E-state index contributed by atoms with van der Waals surface area (Å²) in [5.74, 6) is 0. The molecule has 21 heavy (non-hydrogen) atoms. The molecule has 3 rings (SSSR count). The lowest BCUT2D eigenvalue weighted by Crippen LogP contribution is -2.47. The standard InChI is InChI=1S/C14H14Cl3N3O/c15-11-2-1-10(12(16)5-11)6-14(21,13(17)3-4-13)7-20-9-18-8-19-20/h1-2,5,8-9,21H,3-4,6-7H2. The summed E-state index contributed by atoms with van der Waals surface area (Å²) in [5, 5.41) is 16.3. The zero-order chi connectivity index (χ0) is 15.1. The van der Waals surface area contributed by atoms with E-state index in [0.29, 0.717) is 16.5 Å². The molecule has 2 aromatic rings. The molecule has 0 radical (unpaired) electrons. The fourth-order valence-electron chi connectivity index (χ4n) is 2.49. The van der Waals surface area contributed by atoms with Gasteiger partial charge >= 0.3 is 0 Å². The minimum absolute atomic E-state index is 0.273. The van der Waals surface area contributed by atoms with Gasteiger partial charge in [0.25, 0.3) is 0 Å². The summed E-state index contributed by atoms with van der Waals surface area (Å²) in [6, 6.07) is 5.24. The van der Waals surface area contributed by atoms with Gasteiger partial charge in [-0.25, -0.2) is 9.67 Å². The molecule has 0 bridgehead atoms. The van der Waals surface area contributed by atoms with E-state index in [1.807, 2.05) is 6.07 Å². The maximum absolute atomic E-state index is 11.1. The summed E-state index contributed by atoms with van der Waals surface area (Å²) in [5.41, 5.74) is -0.324. The van der Waals surface area contributed by atoms with Crippen molar-refractivity contribution in [1.29, 1.82) is 0 Å². The molecule has 7 heteroatoms. The largest absolute Gasteiger partial charge is 0.386 e. The molecule has 0 aliphatic heterocycles. The molecular weight excluding hydrogens is 333 g/mol. The van der Waals surface area contributed by atoms with Crippen LogP contribution in [-0.2, 0) is 13.0 Å². The zero-order valence-electron chi connectivity index (χ0n) is 11.1. The quantitative estimate of drug-likeness (QED) is 0.845. The number of aliphatic hydroxyl groups is 1. The van der Waals surface area contributed by atoms with Crippen molar-refractivity contribution in [3.8, 4) is 0 Å². The Morgan fingerprint density at radius 1 is 1.33 bits per heavy atom. The van der Waals surface area contributed by atoms with E-state index in [1.54, 1.807) is 23.1 Å². The van der Waals surface area contributed by atoms with Gasteiger partial charge in [0, 0.05) is 16.5 Å². The summed E-state index contributed by atoms with van der Waals surface area (Å²) >= 11 is 18.6. The fraction of sp³-hybridized carbons (Fsp3) is 0.429. The van der Waals surface area contributed by atoms with Crippen molar-refractivity contribution in [3.05, 3.63) is 46.5 Å². The van der Waals surface area contributed by atoms with Gasteiger partial charge in [0.1, 0.15) is 18.3 Å². The molecule has 1 aliphatic carbocycles. The van der Waals surface area contributed by atoms with E-state index in [9.17, 15) is 5.11 Å². The highest BCUT2D eigenvalue weighted by Crippen LogP contribution is 2.53. The predicted molar refractivity (Wildman–Crippen MR) is 83.0 cm³/mol. The molecule has 1 saturated carbocycles. The first-order valence-electron chi connectivity index (χ1n) is 6.60. The van der Waals surface area contributed by atoms with Gasteiger partial charge in [-0.3, -0.25) is 0 Å². The number of hydrogen-bond acceptors (Lipinski definition) is 3. The molecule has 112 valence electrons. The van der Waals surface area contributed by atoms with Gasteiger partial charge in [0.05, 0.1) is 11.4 Å². The molecule has 1 aromatic heterocycles. The summed E-state index contributed by atoms with van der Waals surface area (Å²) in [6.45, 7) is 0.273. The molecule has 0 saturated heterocycles. The minimum atomic E-state index is -1.14. The first-order chi connectivity index (χ1) is 9.92. The molecule has 1 unspecified atom stereocenters. The fourth-order valence-corrected chi connectivity index (χ4v) is 3.19. The lowest BCUT2D eigenvalue weighted by atomic mass is 9.89. The number of aromatic nitrogens is 3. The summed E-state index contributed by atoms with van der Waals surface area (Å²) in [4.78, 5) is 3.26. The summed E-state index contributed by atoms with van der Waals surface area (Å²) in [7, 11) is 0. The van der Waals surface area contributed by atoms with E-state index in [1.165, 1.54) is 6.33 Å². The van der Waals surface area contributed by atoms with Crippen LogP contribution in [0, 0.1) is 0 Å². The van der Waals surface area contributed by atoms with E-state index in [0.717, 1.165) is 18.4 Å². The minimum Gasteiger partial charge on any atom is -0.386 e. The Hall–Kier alpha value is -0.810. The van der Waals surface area contributed by atoms with Gasteiger partial charge in [-0.15, -0.1) is 11.6 Å². The Bertz CT molecular complexity index is 643.